The van der Waals surface area contributed by atoms with Crippen LogP contribution in [0.15, 0.2) is 54.1 Å². The molecule has 4 nitrogen and oxygen atoms in total. The molecule has 0 bridgehead atoms. The van der Waals surface area contributed by atoms with E-state index in [9.17, 15) is 14.7 Å². The van der Waals surface area contributed by atoms with Crippen molar-refractivity contribution in [3.05, 3.63) is 59.7 Å². The minimum Gasteiger partial charge on any atom is -0.388 e. The number of hydrogen-bond donors (Lipinski definition) is 1. The minimum absolute atomic E-state index is 0.0241. The van der Waals surface area contributed by atoms with E-state index in [0.29, 0.717) is 12.0 Å². The molecule has 1 saturated carbocycles. The van der Waals surface area contributed by atoms with Crippen molar-refractivity contribution in [1.29, 1.82) is 0 Å². The summed E-state index contributed by atoms with van der Waals surface area (Å²) in [5.74, 6) is -1.15. The molecule has 2 aliphatic rings. The van der Waals surface area contributed by atoms with E-state index in [1.807, 2.05) is 20.2 Å². The molecule has 1 aromatic carbocycles. The monoisotopic (exact) mass is 353 g/mol. The van der Waals surface area contributed by atoms with E-state index in [1.54, 1.807) is 42.5 Å². The molecular formula is C22H27NO3. The molecule has 0 amide bonds. The molecule has 138 valence electrons. The lowest BCUT2D eigenvalue weighted by Crippen LogP contribution is -2.53. The van der Waals surface area contributed by atoms with E-state index in [-0.39, 0.29) is 23.1 Å². The number of hydrogen-bond acceptors (Lipinski definition) is 4. The van der Waals surface area contributed by atoms with Gasteiger partial charge in [-0.05, 0) is 33.0 Å². The molecule has 1 unspecified atom stereocenters. The standard InChI is InChI=1S/C22H27NO3/c1-23(2)15-17-11-6-7-14-22(17,26)19-13-8-12-18(21(19)25)20(24)16-9-4-3-5-10-16/h3-5,8-10,12-13,17,19,26H,6-7,11,14-15H2,1-2H3/t17-,19?,22-/m0/s1. The Morgan fingerprint density at radius 3 is 2.65 bits per heavy atom. The van der Waals surface area contributed by atoms with Gasteiger partial charge in [0.25, 0.3) is 0 Å². The molecule has 0 aromatic heterocycles. The van der Waals surface area contributed by atoms with Crippen molar-refractivity contribution < 1.29 is 14.7 Å². The second-order valence-electron chi connectivity index (χ2n) is 7.70. The molecule has 0 saturated heterocycles. The van der Waals surface area contributed by atoms with Gasteiger partial charge in [-0.2, -0.15) is 0 Å². The van der Waals surface area contributed by atoms with Crippen molar-refractivity contribution >= 4 is 11.6 Å². The zero-order chi connectivity index (χ0) is 18.7. The van der Waals surface area contributed by atoms with Crippen molar-refractivity contribution in [3.8, 4) is 0 Å². The molecule has 3 atom stereocenters. The lowest BCUT2D eigenvalue weighted by molar-refractivity contribution is -0.135. The highest BCUT2D eigenvalue weighted by atomic mass is 16.3. The molecule has 3 rings (SSSR count). The first-order valence-corrected chi connectivity index (χ1v) is 9.33. The Balaban J connectivity index is 1.87. The number of rotatable bonds is 5. The van der Waals surface area contributed by atoms with E-state index >= 15 is 0 Å². The molecule has 0 heterocycles. The summed E-state index contributed by atoms with van der Waals surface area (Å²) in [6, 6.07) is 8.85. The van der Waals surface area contributed by atoms with Gasteiger partial charge in [0.15, 0.2) is 11.6 Å². The summed E-state index contributed by atoms with van der Waals surface area (Å²) in [4.78, 5) is 28.0. The van der Waals surface area contributed by atoms with Crippen LogP contribution in [-0.4, -0.2) is 47.8 Å². The first kappa shape index (κ1) is 18.7. The number of carbonyl (C=O) groups excluding carboxylic acids is 2. The van der Waals surface area contributed by atoms with Gasteiger partial charge in [-0.1, -0.05) is 55.3 Å². The van der Waals surface area contributed by atoms with Crippen LogP contribution < -0.4 is 0 Å². The lowest BCUT2D eigenvalue weighted by Gasteiger charge is -2.45. The maximum Gasteiger partial charge on any atom is 0.196 e. The third-order valence-electron chi connectivity index (χ3n) is 5.61. The number of ketones is 2. The predicted octanol–water partition coefficient (Wildman–Crippen LogP) is 3.03. The Morgan fingerprint density at radius 2 is 1.96 bits per heavy atom. The van der Waals surface area contributed by atoms with E-state index in [2.05, 4.69) is 4.90 Å². The summed E-state index contributed by atoms with van der Waals surface area (Å²) < 4.78 is 0. The van der Waals surface area contributed by atoms with Gasteiger partial charge in [0.1, 0.15) is 0 Å². The van der Waals surface area contributed by atoms with Crippen LogP contribution in [0.3, 0.4) is 0 Å². The lowest BCUT2D eigenvalue weighted by atomic mass is 9.65. The summed E-state index contributed by atoms with van der Waals surface area (Å²) in [5, 5.41) is 11.5. The molecule has 4 heteroatoms. The second-order valence-corrected chi connectivity index (χ2v) is 7.70. The zero-order valence-electron chi connectivity index (χ0n) is 15.5. The number of Topliss-reactive ketones (excluding diaryl/α,β-unsaturated/α-hetero) is 2. The van der Waals surface area contributed by atoms with Crippen molar-refractivity contribution in [2.24, 2.45) is 11.8 Å². The maximum atomic E-state index is 13.2. The Labute approximate surface area is 155 Å². The molecule has 0 radical (unpaired) electrons. The summed E-state index contributed by atoms with van der Waals surface area (Å²) >= 11 is 0. The first-order chi connectivity index (χ1) is 12.4. The van der Waals surface area contributed by atoms with Crippen LogP contribution in [0, 0.1) is 11.8 Å². The van der Waals surface area contributed by atoms with Gasteiger partial charge in [0.05, 0.1) is 17.1 Å². The fraction of sp³-hybridized carbons (Fsp3) is 0.455. The molecule has 1 N–H and O–H groups in total. The van der Waals surface area contributed by atoms with Gasteiger partial charge in [-0.15, -0.1) is 0 Å². The van der Waals surface area contributed by atoms with Crippen molar-refractivity contribution in [2.75, 3.05) is 20.6 Å². The van der Waals surface area contributed by atoms with Gasteiger partial charge < -0.3 is 10.0 Å². The number of aliphatic hydroxyl groups is 1. The molecule has 1 aromatic rings. The highest BCUT2D eigenvalue weighted by Crippen LogP contribution is 2.42. The topological polar surface area (TPSA) is 57.6 Å². The third kappa shape index (κ3) is 3.57. The van der Waals surface area contributed by atoms with Gasteiger partial charge in [-0.25, -0.2) is 0 Å². The largest absolute Gasteiger partial charge is 0.388 e. The average molecular weight is 353 g/mol. The van der Waals surface area contributed by atoms with E-state index < -0.39 is 11.5 Å². The minimum atomic E-state index is -1.09. The smallest absolute Gasteiger partial charge is 0.196 e. The fourth-order valence-corrected chi connectivity index (χ4v) is 4.28. The second kappa shape index (κ2) is 7.68. The molecule has 2 aliphatic carbocycles. The molecule has 26 heavy (non-hydrogen) atoms. The van der Waals surface area contributed by atoms with Crippen LogP contribution >= 0.6 is 0 Å². The highest BCUT2D eigenvalue weighted by molar-refractivity contribution is 6.27. The normalized spacial score (nSPS) is 28.9. The van der Waals surface area contributed by atoms with E-state index in [1.165, 1.54) is 0 Å². The van der Waals surface area contributed by atoms with Crippen molar-refractivity contribution in [2.45, 2.75) is 31.3 Å². The van der Waals surface area contributed by atoms with Crippen LogP contribution in [0.1, 0.15) is 36.0 Å². The van der Waals surface area contributed by atoms with Crippen LogP contribution in [0.25, 0.3) is 0 Å². The number of carbonyl (C=O) groups is 2. The number of nitrogens with zero attached hydrogens (tertiary/aromatic N) is 1. The maximum absolute atomic E-state index is 13.2. The Bertz CT molecular complexity index is 735. The Morgan fingerprint density at radius 1 is 1.23 bits per heavy atom. The SMILES string of the molecule is CN(C)C[C@@H]1CCCC[C@@]1(O)C1C=CC=C(C(=O)c2ccccc2)C1=O. The van der Waals surface area contributed by atoms with E-state index in [0.717, 1.165) is 25.8 Å². The predicted molar refractivity (Wildman–Crippen MR) is 102 cm³/mol. The van der Waals surface area contributed by atoms with Gasteiger partial charge in [-0.3, -0.25) is 9.59 Å². The Kier molecular flexibility index (Phi) is 5.54. The van der Waals surface area contributed by atoms with Crippen LogP contribution in [-0.2, 0) is 4.79 Å². The number of allylic oxidation sites excluding steroid dienone is 3. The van der Waals surface area contributed by atoms with Crippen LogP contribution in [0.4, 0.5) is 0 Å². The Hall–Kier alpha value is -2.04. The van der Waals surface area contributed by atoms with Gasteiger partial charge in [0, 0.05) is 18.0 Å². The molecular weight excluding hydrogens is 326 g/mol. The summed E-state index contributed by atoms with van der Waals surface area (Å²) in [6.45, 7) is 0.736. The quantitative estimate of drug-likeness (QED) is 0.653. The fourth-order valence-electron chi connectivity index (χ4n) is 4.28. The van der Waals surface area contributed by atoms with Crippen LogP contribution in [0.2, 0.25) is 0 Å². The summed E-state index contributed by atoms with van der Waals surface area (Å²) in [5.41, 5.74) is -0.417. The van der Waals surface area contributed by atoms with Gasteiger partial charge in [0.2, 0.25) is 0 Å². The highest BCUT2D eigenvalue weighted by Gasteiger charge is 2.48. The van der Waals surface area contributed by atoms with Gasteiger partial charge >= 0.3 is 0 Å². The third-order valence-corrected chi connectivity index (χ3v) is 5.61. The first-order valence-electron chi connectivity index (χ1n) is 9.33. The molecule has 1 fully saturated rings. The summed E-state index contributed by atoms with van der Waals surface area (Å²) in [6.07, 6.45) is 8.58. The zero-order valence-corrected chi connectivity index (χ0v) is 15.5. The average Bonchev–Trinajstić information content (AvgIpc) is 2.64. The molecule has 0 aliphatic heterocycles. The van der Waals surface area contributed by atoms with Crippen LogP contribution in [0.5, 0.6) is 0 Å². The van der Waals surface area contributed by atoms with Crippen molar-refractivity contribution in [1.82, 2.24) is 4.90 Å². The summed E-state index contributed by atoms with van der Waals surface area (Å²) in [7, 11) is 3.97. The van der Waals surface area contributed by atoms with Crippen molar-refractivity contribution in [3.63, 3.8) is 0 Å². The number of benzene rings is 1. The van der Waals surface area contributed by atoms with E-state index in [4.69, 9.17) is 0 Å². The molecule has 0 spiro atoms.